The molecule has 0 bridgehead atoms. The van der Waals surface area contributed by atoms with Crippen LogP contribution in [0.5, 0.6) is 0 Å². The Balaban J connectivity index is 0. The molecule has 0 aliphatic rings. The number of aliphatic carboxylic acids is 1. The molecule has 0 spiro atoms. The van der Waals surface area contributed by atoms with E-state index in [9.17, 15) is 4.79 Å². The minimum absolute atomic E-state index is 0.195. The van der Waals surface area contributed by atoms with Gasteiger partial charge in [-0.1, -0.05) is 0 Å². The molecule has 0 saturated carbocycles. The van der Waals surface area contributed by atoms with Crippen molar-refractivity contribution in [2.24, 2.45) is 0 Å². The fourth-order valence-corrected chi connectivity index (χ4v) is 0.224. The summed E-state index contributed by atoms with van der Waals surface area (Å²) in [6.45, 7) is 1.59. The number of rotatable bonds is 4. The number of carboxylic acid groups (broad SMARTS) is 1. The fraction of sp³-hybridized carbons (Fsp3) is 0.857. The van der Waals surface area contributed by atoms with Crippen LogP contribution in [0.15, 0.2) is 0 Å². The smallest absolute Gasteiger partial charge is 0.332 e. The van der Waals surface area contributed by atoms with Crippen molar-refractivity contribution in [3.05, 3.63) is 0 Å². The zero-order valence-corrected chi connectivity index (χ0v) is 7.10. The quantitative estimate of drug-likeness (QED) is 0.425. The van der Waals surface area contributed by atoms with Crippen molar-refractivity contribution < 1.29 is 25.2 Å². The highest BCUT2D eigenvalue weighted by Gasteiger charge is 2.01. The molecule has 1 unspecified atom stereocenters. The summed E-state index contributed by atoms with van der Waals surface area (Å²) in [4.78, 5) is 9.45. The Morgan fingerprint density at radius 3 is 1.58 bits per heavy atom. The normalized spacial score (nSPS) is 11.3. The minimum atomic E-state index is -1.23. The third kappa shape index (κ3) is 16.2. The average Bonchev–Trinajstić information content (AvgIpc) is 2.02. The second-order valence-corrected chi connectivity index (χ2v) is 2.17. The van der Waals surface area contributed by atoms with E-state index >= 15 is 0 Å². The Kier molecular flexibility index (Phi) is 12.0. The molecule has 1 atom stereocenters. The fourth-order valence-electron chi connectivity index (χ4n) is 0.224. The maximum Gasteiger partial charge on any atom is 0.332 e. The number of aliphatic hydroxyl groups excluding tert-OH is 3. The first-order valence-electron chi connectivity index (χ1n) is 3.68. The van der Waals surface area contributed by atoms with Crippen LogP contribution in [0, 0.1) is 0 Å². The van der Waals surface area contributed by atoms with E-state index < -0.39 is 12.1 Å². The molecule has 5 heteroatoms. The van der Waals surface area contributed by atoms with E-state index in [4.69, 9.17) is 20.4 Å². The van der Waals surface area contributed by atoms with Gasteiger partial charge in [0.2, 0.25) is 0 Å². The van der Waals surface area contributed by atoms with Crippen LogP contribution in [-0.2, 0) is 4.79 Å². The second-order valence-electron chi connectivity index (χ2n) is 2.17. The largest absolute Gasteiger partial charge is 0.479 e. The molecule has 0 aromatic carbocycles. The molecule has 0 fully saturated rings. The first-order valence-corrected chi connectivity index (χ1v) is 3.68. The first kappa shape index (κ1) is 13.9. The number of hydrogen-bond donors (Lipinski definition) is 4. The van der Waals surface area contributed by atoms with Gasteiger partial charge in [0.05, 0.1) is 0 Å². The van der Waals surface area contributed by atoms with E-state index in [2.05, 4.69) is 0 Å². The van der Waals surface area contributed by atoms with Crippen molar-refractivity contribution in [3.63, 3.8) is 0 Å². The lowest BCUT2D eigenvalue weighted by molar-refractivity contribution is -0.145. The van der Waals surface area contributed by atoms with Gasteiger partial charge in [0.15, 0.2) is 0 Å². The highest BCUT2D eigenvalue weighted by atomic mass is 16.4. The molecule has 0 heterocycles. The van der Waals surface area contributed by atoms with Gasteiger partial charge in [0.1, 0.15) is 6.10 Å². The molecule has 0 saturated heterocycles. The van der Waals surface area contributed by atoms with E-state index in [1.165, 1.54) is 6.92 Å². The Bertz CT molecular complexity index is 98.0. The molecule has 0 rings (SSSR count). The Hall–Kier alpha value is -0.650. The third-order valence-electron chi connectivity index (χ3n) is 0.924. The molecule has 4 N–H and O–H groups in total. The average molecular weight is 180 g/mol. The van der Waals surface area contributed by atoms with Gasteiger partial charge < -0.3 is 20.4 Å². The molecular weight excluding hydrogens is 164 g/mol. The number of unbranched alkanes of at least 4 members (excludes halogenated alkanes) is 1. The summed E-state index contributed by atoms with van der Waals surface area (Å²) < 4.78 is 0. The van der Waals surface area contributed by atoms with Gasteiger partial charge in [-0.15, -0.1) is 0 Å². The van der Waals surface area contributed by atoms with E-state index in [1.807, 2.05) is 0 Å². The predicted octanol–water partition coefficient (Wildman–Crippen LogP) is -0.797. The monoisotopic (exact) mass is 180 g/mol. The maximum absolute atomic E-state index is 9.45. The summed E-state index contributed by atoms with van der Waals surface area (Å²) in [5.74, 6) is -1.19. The molecule has 0 amide bonds. The number of carboxylic acids is 1. The number of hydrogen-bond acceptors (Lipinski definition) is 4. The Morgan fingerprint density at radius 1 is 1.25 bits per heavy atom. The first-order chi connectivity index (χ1) is 5.56. The molecule has 0 aromatic heterocycles. The molecule has 0 aromatic rings. The molecule has 74 valence electrons. The van der Waals surface area contributed by atoms with Gasteiger partial charge in [-0.05, 0) is 19.8 Å². The van der Waals surface area contributed by atoms with Crippen LogP contribution in [0.1, 0.15) is 19.8 Å². The van der Waals surface area contributed by atoms with Crippen LogP contribution < -0.4 is 0 Å². The second kappa shape index (κ2) is 10.3. The molecule has 0 aliphatic heterocycles. The lowest BCUT2D eigenvalue weighted by Crippen LogP contribution is -2.13. The molecule has 12 heavy (non-hydrogen) atoms. The van der Waals surface area contributed by atoms with Crippen molar-refractivity contribution in [1.29, 1.82) is 0 Å². The van der Waals surface area contributed by atoms with Gasteiger partial charge in [-0.25, -0.2) is 4.79 Å². The molecule has 5 nitrogen and oxygen atoms in total. The summed E-state index contributed by atoms with van der Waals surface area (Å²) in [7, 11) is 0. The van der Waals surface area contributed by atoms with E-state index in [1.54, 1.807) is 0 Å². The van der Waals surface area contributed by atoms with Crippen LogP contribution in [0.4, 0.5) is 0 Å². The van der Waals surface area contributed by atoms with Crippen LogP contribution >= 0.6 is 0 Å². The zero-order valence-electron chi connectivity index (χ0n) is 7.10. The van der Waals surface area contributed by atoms with E-state index in [0.29, 0.717) is 0 Å². The number of carbonyl (C=O) groups is 1. The zero-order chi connectivity index (χ0) is 9.98. The molecule has 0 radical (unpaired) electrons. The van der Waals surface area contributed by atoms with Crippen molar-refractivity contribution in [1.82, 2.24) is 0 Å². The van der Waals surface area contributed by atoms with Crippen LogP contribution in [0.2, 0.25) is 0 Å². The van der Waals surface area contributed by atoms with Crippen LogP contribution in [0.25, 0.3) is 0 Å². The van der Waals surface area contributed by atoms with Gasteiger partial charge in [0.25, 0.3) is 0 Å². The Labute approximate surface area is 71.3 Å². The van der Waals surface area contributed by atoms with Crippen molar-refractivity contribution in [2.75, 3.05) is 13.2 Å². The topological polar surface area (TPSA) is 98.0 Å². The summed E-state index contributed by atoms with van der Waals surface area (Å²) in [5, 5.41) is 31.9. The summed E-state index contributed by atoms with van der Waals surface area (Å²) in [6, 6.07) is 0. The van der Waals surface area contributed by atoms with Crippen LogP contribution in [-0.4, -0.2) is 45.7 Å². The standard InChI is InChI=1S/C4H10O2.C3H6O3/c5-3-1-2-4-6;1-2(4)3(5)6/h5-6H,1-4H2;2,4H,1H3,(H,5,6). The predicted molar refractivity (Wildman–Crippen MR) is 42.7 cm³/mol. The van der Waals surface area contributed by atoms with Gasteiger partial charge in [-0.2, -0.15) is 0 Å². The van der Waals surface area contributed by atoms with Crippen molar-refractivity contribution in [2.45, 2.75) is 25.9 Å². The molecule has 0 aliphatic carbocycles. The lowest BCUT2D eigenvalue weighted by Gasteiger charge is -1.89. The lowest BCUT2D eigenvalue weighted by atomic mass is 10.3. The van der Waals surface area contributed by atoms with Crippen LogP contribution in [0.3, 0.4) is 0 Å². The van der Waals surface area contributed by atoms with Gasteiger partial charge >= 0.3 is 5.97 Å². The van der Waals surface area contributed by atoms with E-state index in [0.717, 1.165) is 12.8 Å². The number of aliphatic hydroxyl groups is 3. The summed E-state index contributed by atoms with van der Waals surface area (Å²) >= 11 is 0. The molecular formula is C7H16O5. The van der Waals surface area contributed by atoms with Gasteiger partial charge in [0, 0.05) is 13.2 Å². The highest BCUT2D eigenvalue weighted by molar-refractivity contribution is 5.71. The minimum Gasteiger partial charge on any atom is -0.479 e. The summed E-state index contributed by atoms with van der Waals surface area (Å²) in [6.07, 6.45) is 0.206. The summed E-state index contributed by atoms with van der Waals surface area (Å²) in [5.41, 5.74) is 0. The van der Waals surface area contributed by atoms with Gasteiger partial charge in [-0.3, -0.25) is 0 Å². The van der Waals surface area contributed by atoms with E-state index in [-0.39, 0.29) is 13.2 Å². The SMILES string of the molecule is CC(O)C(=O)O.OCCCCO. The third-order valence-corrected chi connectivity index (χ3v) is 0.924. The maximum atomic E-state index is 9.45. The van der Waals surface area contributed by atoms with Crippen molar-refractivity contribution in [3.8, 4) is 0 Å². The highest BCUT2D eigenvalue weighted by Crippen LogP contribution is 1.80. The Morgan fingerprint density at radius 2 is 1.50 bits per heavy atom. The van der Waals surface area contributed by atoms with Crippen molar-refractivity contribution >= 4 is 5.97 Å².